The summed E-state index contributed by atoms with van der Waals surface area (Å²) in [7, 11) is -3.28. The molecule has 8 heteroatoms. The third kappa shape index (κ3) is 3.46. The van der Waals surface area contributed by atoms with Gasteiger partial charge in [0.05, 0.1) is 12.3 Å². The monoisotopic (exact) mass is 249 g/mol. The highest BCUT2D eigenvalue weighted by Gasteiger charge is 2.27. The number of nitrogens with zero attached hydrogens (tertiary/aromatic N) is 1. The molecule has 1 aliphatic rings. The van der Waals surface area contributed by atoms with Crippen LogP contribution in [0.3, 0.4) is 0 Å². The van der Waals surface area contributed by atoms with Crippen molar-refractivity contribution >= 4 is 22.0 Å². The third-order valence-electron chi connectivity index (χ3n) is 2.07. The van der Waals surface area contributed by atoms with E-state index in [-0.39, 0.29) is 31.3 Å². The second-order valence-electron chi connectivity index (χ2n) is 3.42. The second kappa shape index (κ2) is 5.26. The van der Waals surface area contributed by atoms with Crippen LogP contribution in [0.2, 0.25) is 0 Å². The molecule has 0 saturated carbocycles. The van der Waals surface area contributed by atoms with E-state index in [2.05, 4.69) is 10.0 Å². The van der Waals surface area contributed by atoms with Gasteiger partial charge in [-0.2, -0.15) is 0 Å². The second-order valence-corrected chi connectivity index (χ2v) is 5.34. The minimum absolute atomic E-state index is 0.0133. The molecule has 1 fully saturated rings. The summed E-state index contributed by atoms with van der Waals surface area (Å²) in [5.74, 6) is -0.285. The van der Waals surface area contributed by atoms with Crippen molar-refractivity contribution < 1.29 is 18.0 Å². The molecule has 2 N–H and O–H groups in total. The molecule has 0 atom stereocenters. The number of nitrogens with one attached hydrogen (secondary N) is 2. The number of carbonyl (C=O) groups is 2. The highest BCUT2D eigenvalue weighted by Crippen LogP contribution is 1.97. The summed E-state index contributed by atoms with van der Waals surface area (Å²) in [5.41, 5.74) is 0. The van der Waals surface area contributed by atoms with Gasteiger partial charge in [0.15, 0.2) is 0 Å². The number of hydrogen-bond acceptors (Lipinski definition) is 4. The van der Waals surface area contributed by atoms with Crippen LogP contribution < -0.4 is 10.0 Å². The summed E-state index contributed by atoms with van der Waals surface area (Å²) in [5, 5.41) is 2.35. The fraction of sp³-hybridized carbons (Fsp3) is 0.750. The number of imide groups is 1. The zero-order chi connectivity index (χ0) is 12.2. The summed E-state index contributed by atoms with van der Waals surface area (Å²) in [6.07, 6.45) is 0.526. The summed E-state index contributed by atoms with van der Waals surface area (Å²) in [6.45, 7) is 1.87. The van der Waals surface area contributed by atoms with Gasteiger partial charge in [0.1, 0.15) is 0 Å². The van der Waals surface area contributed by atoms with Gasteiger partial charge in [0.2, 0.25) is 15.9 Å². The van der Waals surface area contributed by atoms with Crippen molar-refractivity contribution in [2.24, 2.45) is 0 Å². The Kier molecular flexibility index (Phi) is 4.25. The van der Waals surface area contributed by atoms with Gasteiger partial charge in [-0.05, 0) is 6.42 Å². The lowest BCUT2D eigenvalue weighted by atomic mass is 10.5. The van der Waals surface area contributed by atoms with Crippen molar-refractivity contribution in [3.8, 4) is 0 Å². The Morgan fingerprint density at radius 3 is 2.62 bits per heavy atom. The predicted molar refractivity (Wildman–Crippen MR) is 57.2 cm³/mol. The van der Waals surface area contributed by atoms with Gasteiger partial charge >= 0.3 is 6.03 Å². The zero-order valence-corrected chi connectivity index (χ0v) is 9.84. The van der Waals surface area contributed by atoms with Gasteiger partial charge in [-0.25, -0.2) is 17.9 Å². The van der Waals surface area contributed by atoms with E-state index in [9.17, 15) is 18.0 Å². The first-order valence-electron chi connectivity index (χ1n) is 5.02. The molecule has 0 aromatic rings. The van der Waals surface area contributed by atoms with Crippen LogP contribution in [0, 0.1) is 0 Å². The van der Waals surface area contributed by atoms with E-state index in [4.69, 9.17) is 0 Å². The van der Waals surface area contributed by atoms with Gasteiger partial charge < -0.3 is 5.32 Å². The Morgan fingerprint density at radius 1 is 1.44 bits per heavy atom. The molecule has 3 amide bonds. The molecule has 0 spiro atoms. The Hall–Kier alpha value is -1.15. The molecule has 0 bridgehead atoms. The summed E-state index contributed by atoms with van der Waals surface area (Å²) in [4.78, 5) is 23.2. The van der Waals surface area contributed by atoms with Crippen molar-refractivity contribution in [3.05, 3.63) is 0 Å². The number of carbonyl (C=O) groups excluding carboxylic acids is 2. The van der Waals surface area contributed by atoms with Crippen LogP contribution in [0.5, 0.6) is 0 Å². The van der Waals surface area contributed by atoms with Crippen molar-refractivity contribution in [2.75, 3.05) is 25.4 Å². The molecule has 1 saturated heterocycles. The molecule has 1 rings (SSSR count). The minimum atomic E-state index is -3.28. The van der Waals surface area contributed by atoms with Crippen LogP contribution in [-0.2, 0) is 14.8 Å². The molecule has 1 aliphatic heterocycles. The Labute approximate surface area is 94.2 Å². The standard InChI is InChI=1S/C8H15N3O4S/c1-2-5-16(14,15)10-3-4-11-7(12)6-9-8(11)13/h10H,2-6H2,1H3,(H,9,13). The fourth-order valence-electron chi connectivity index (χ4n) is 1.34. The highest BCUT2D eigenvalue weighted by molar-refractivity contribution is 7.89. The van der Waals surface area contributed by atoms with E-state index < -0.39 is 16.1 Å². The van der Waals surface area contributed by atoms with Crippen molar-refractivity contribution in [1.82, 2.24) is 14.9 Å². The number of amides is 3. The largest absolute Gasteiger partial charge is 0.329 e. The molecule has 0 aliphatic carbocycles. The zero-order valence-electron chi connectivity index (χ0n) is 9.02. The average molecular weight is 249 g/mol. The highest BCUT2D eigenvalue weighted by atomic mass is 32.2. The van der Waals surface area contributed by atoms with Gasteiger partial charge in [0.25, 0.3) is 0 Å². The predicted octanol–water partition coefficient (Wildman–Crippen LogP) is -1.13. The Balaban J connectivity index is 2.36. The van der Waals surface area contributed by atoms with Gasteiger partial charge in [-0.3, -0.25) is 9.69 Å². The normalized spacial score (nSPS) is 16.7. The van der Waals surface area contributed by atoms with Crippen LogP contribution in [0.15, 0.2) is 0 Å². The number of hydrogen-bond donors (Lipinski definition) is 2. The molecular weight excluding hydrogens is 234 g/mol. The van der Waals surface area contributed by atoms with Crippen LogP contribution in [0.1, 0.15) is 13.3 Å². The summed E-state index contributed by atoms with van der Waals surface area (Å²) < 4.78 is 24.8. The van der Waals surface area contributed by atoms with Crippen LogP contribution in [0.4, 0.5) is 4.79 Å². The van der Waals surface area contributed by atoms with Gasteiger partial charge in [-0.15, -0.1) is 0 Å². The first kappa shape index (κ1) is 12.9. The lowest BCUT2D eigenvalue weighted by Crippen LogP contribution is -2.39. The molecule has 0 aromatic heterocycles. The van der Waals surface area contributed by atoms with E-state index >= 15 is 0 Å². The topological polar surface area (TPSA) is 95.6 Å². The Bertz CT molecular complexity index is 363. The average Bonchev–Trinajstić information content (AvgIpc) is 2.48. The number of rotatable bonds is 6. The summed E-state index contributed by atoms with van der Waals surface area (Å²) in [6, 6.07) is -0.473. The van der Waals surface area contributed by atoms with E-state index in [1.165, 1.54) is 0 Å². The molecule has 0 unspecified atom stereocenters. The van der Waals surface area contributed by atoms with E-state index in [0.717, 1.165) is 4.90 Å². The minimum Gasteiger partial charge on any atom is -0.329 e. The maximum absolute atomic E-state index is 11.3. The van der Waals surface area contributed by atoms with Crippen LogP contribution >= 0.6 is 0 Å². The fourth-order valence-corrected chi connectivity index (χ4v) is 2.42. The smallest absolute Gasteiger partial charge is 0.324 e. The molecule has 1 heterocycles. The number of sulfonamides is 1. The third-order valence-corrected chi connectivity index (χ3v) is 3.66. The molecule has 16 heavy (non-hydrogen) atoms. The van der Waals surface area contributed by atoms with Crippen LogP contribution in [0.25, 0.3) is 0 Å². The first-order valence-corrected chi connectivity index (χ1v) is 6.67. The summed E-state index contributed by atoms with van der Waals surface area (Å²) >= 11 is 0. The SMILES string of the molecule is CCCS(=O)(=O)NCCN1C(=O)CNC1=O. The first-order chi connectivity index (χ1) is 7.46. The quantitative estimate of drug-likeness (QED) is 0.582. The molecule has 0 radical (unpaired) electrons. The van der Waals surface area contributed by atoms with Crippen molar-refractivity contribution in [3.63, 3.8) is 0 Å². The lowest BCUT2D eigenvalue weighted by molar-refractivity contribution is -0.124. The Morgan fingerprint density at radius 2 is 2.12 bits per heavy atom. The molecule has 92 valence electrons. The van der Waals surface area contributed by atoms with E-state index in [1.54, 1.807) is 6.92 Å². The van der Waals surface area contributed by atoms with E-state index in [0.29, 0.717) is 6.42 Å². The van der Waals surface area contributed by atoms with Gasteiger partial charge in [-0.1, -0.05) is 6.92 Å². The van der Waals surface area contributed by atoms with Gasteiger partial charge in [0, 0.05) is 13.1 Å². The molecular formula is C8H15N3O4S. The maximum Gasteiger partial charge on any atom is 0.324 e. The van der Waals surface area contributed by atoms with Crippen molar-refractivity contribution in [1.29, 1.82) is 0 Å². The lowest BCUT2D eigenvalue weighted by Gasteiger charge is -2.12. The van der Waals surface area contributed by atoms with Crippen LogP contribution in [-0.4, -0.2) is 50.6 Å². The van der Waals surface area contributed by atoms with E-state index in [1.807, 2.05) is 0 Å². The molecule has 7 nitrogen and oxygen atoms in total. The van der Waals surface area contributed by atoms with Crippen molar-refractivity contribution in [2.45, 2.75) is 13.3 Å². The number of urea groups is 1. The molecule has 0 aromatic carbocycles. The maximum atomic E-state index is 11.3.